The summed E-state index contributed by atoms with van der Waals surface area (Å²) in [7, 11) is 0. The highest BCUT2D eigenvalue weighted by molar-refractivity contribution is 5.00. The van der Waals surface area contributed by atoms with Crippen LogP contribution >= 0.6 is 0 Å². The topological polar surface area (TPSA) is 32.3 Å². The van der Waals surface area contributed by atoms with Crippen LogP contribution in [0.3, 0.4) is 0 Å². The van der Waals surface area contributed by atoms with E-state index < -0.39 is 5.60 Å². The summed E-state index contributed by atoms with van der Waals surface area (Å²) in [6, 6.07) is 0.329. The van der Waals surface area contributed by atoms with Crippen LogP contribution in [0.2, 0.25) is 0 Å². The maximum Gasteiger partial charge on any atom is 0.0805 e. The van der Waals surface area contributed by atoms with Crippen molar-refractivity contribution in [3.8, 4) is 0 Å². The lowest BCUT2D eigenvalue weighted by Crippen LogP contribution is -2.57. The molecule has 0 radical (unpaired) electrons. The maximum absolute atomic E-state index is 10.9. The van der Waals surface area contributed by atoms with Crippen LogP contribution < -0.4 is 5.32 Å². The third kappa shape index (κ3) is 2.60. The van der Waals surface area contributed by atoms with Gasteiger partial charge in [-0.2, -0.15) is 0 Å². The summed E-state index contributed by atoms with van der Waals surface area (Å²) < 4.78 is 0. The Morgan fingerprint density at radius 3 is 2.62 bits per heavy atom. The van der Waals surface area contributed by atoms with Crippen LogP contribution in [-0.4, -0.2) is 23.3 Å². The van der Waals surface area contributed by atoms with Gasteiger partial charge in [-0.1, -0.05) is 20.8 Å². The molecule has 2 fully saturated rings. The van der Waals surface area contributed by atoms with E-state index in [0.29, 0.717) is 11.5 Å². The van der Waals surface area contributed by atoms with Gasteiger partial charge in [-0.25, -0.2) is 0 Å². The smallest absolute Gasteiger partial charge is 0.0805 e. The first-order chi connectivity index (χ1) is 7.41. The molecule has 3 atom stereocenters. The number of hydrogen-bond donors (Lipinski definition) is 2. The second kappa shape index (κ2) is 4.30. The fraction of sp³-hybridized carbons (Fsp3) is 1.00. The first kappa shape index (κ1) is 12.4. The van der Waals surface area contributed by atoms with Gasteiger partial charge in [0, 0.05) is 6.04 Å². The lowest BCUT2D eigenvalue weighted by Gasteiger charge is -2.48. The van der Waals surface area contributed by atoms with Gasteiger partial charge in [-0.15, -0.1) is 0 Å². The molecule has 2 aliphatic rings. The third-order valence-electron chi connectivity index (χ3n) is 4.56. The van der Waals surface area contributed by atoms with Crippen LogP contribution in [0.25, 0.3) is 0 Å². The zero-order valence-electron chi connectivity index (χ0n) is 11.1. The Morgan fingerprint density at radius 2 is 2.00 bits per heavy atom. The third-order valence-corrected chi connectivity index (χ3v) is 4.56. The molecule has 1 saturated carbocycles. The molecule has 1 aliphatic carbocycles. The predicted octanol–water partition coefficient (Wildman–Crippen LogP) is 2.71. The van der Waals surface area contributed by atoms with E-state index in [9.17, 15) is 5.11 Å². The van der Waals surface area contributed by atoms with Crippen molar-refractivity contribution < 1.29 is 5.11 Å². The normalized spacial score (nSPS) is 44.2. The van der Waals surface area contributed by atoms with E-state index in [1.54, 1.807) is 0 Å². The highest BCUT2D eigenvalue weighted by atomic mass is 16.3. The van der Waals surface area contributed by atoms with E-state index in [1.807, 2.05) is 0 Å². The van der Waals surface area contributed by atoms with Crippen LogP contribution in [0, 0.1) is 11.3 Å². The highest BCUT2D eigenvalue weighted by Gasteiger charge is 2.44. The summed E-state index contributed by atoms with van der Waals surface area (Å²) in [5.74, 6) is 0.764. The molecular weight excluding hydrogens is 198 g/mol. The Morgan fingerprint density at radius 1 is 1.25 bits per heavy atom. The zero-order chi connectivity index (χ0) is 11.8. The quantitative estimate of drug-likeness (QED) is 0.719. The second-order valence-electron chi connectivity index (χ2n) is 6.93. The van der Waals surface area contributed by atoms with Crippen LogP contribution in [0.15, 0.2) is 0 Å². The average molecular weight is 225 g/mol. The van der Waals surface area contributed by atoms with E-state index in [-0.39, 0.29) is 0 Å². The van der Waals surface area contributed by atoms with E-state index in [2.05, 4.69) is 26.1 Å². The van der Waals surface area contributed by atoms with Crippen molar-refractivity contribution in [1.82, 2.24) is 5.32 Å². The van der Waals surface area contributed by atoms with Gasteiger partial charge in [0.05, 0.1) is 5.60 Å². The monoisotopic (exact) mass is 225 g/mol. The minimum absolute atomic E-state index is 0.315. The van der Waals surface area contributed by atoms with Crippen molar-refractivity contribution in [3.05, 3.63) is 0 Å². The fourth-order valence-corrected chi connectivity index (χ4v) is 3.69. The molecule has 1 aliphatic heterocycles. The Bertz CT molecular complexity index is 251. The largest absolute Gasteiger partial charge is 0.388 e. The fourth-order valence-electron chi connectivity index (χ4n) is 3.69. The summed E-state index contributed by atoms with van der Waals surface area (Å²) in [6.07, 6.45) is 6.79. The molecule has 0 spiro atoms. The van der Waals surface area contributed by atoms with Gasteiger partial charge in [0.25, 0.3) is 0 Å². The standard InChI is InChI=1S/C14H27NO/c1-11-5-8-15-12(9-11)14(16)7-4-6-13(2,3)10-14/h11-12,15-16H,4-10H2,1-3H3. The highest BCUT2D eigenvalue weighted by Crippen LogP contribution is 2.44. The lowest BCUT2D eigenvalue weighted by molar-refractivity contribution is -0.0759. The molecule has 2 nitrogen and oxygen atoms in total. The van der Waals surface area contributed by atoms with Gasteiger partial charge < -0.3 is 10.4 Å². The van der Waals surface area contributed by atoms with Gasteiger partial charge in [-0.05, 0) is 56.4 Å². The van der Waals surface area contributed by atoms with Gasteiger partial charge >= 0.3 is 0 Å². The van der Waals surface area contributed by atoms with Crippen molar-refractivity contribution in [2.75, 3.05) is 6.54 Å². The first-order valence-corrected chi connectivity index (χ1v) is 6.87. The summed E-state index contributed by atoms with van der Waals surface area (Å²) in [5.41, 5.74) is -0.133. The van der Waals surface area contributed by atoms with Gasteiger partial charge in [0.1, 0.15) is 0 Å². The summed E-state index contributed by atoms with van der Waals surface area (Å²) in [5, 5.41) is 14.4. The van der Waals surface area contributed by atoms with Crippen LogP contribution in [0.5, 0.6) is 0 Å². The molecule has 2 heteroatoms. The average Bonchev–Trinajstić information content (AvgIpc) is 2.15. The maximum atomic E-state index is 10.9. The number of rotatable bonds is 1. The van der Waals surface area contributed by atoms with Crippen molar-refractivity contribution in [3.63, 3.8) is 0 Å². The molecule has 94 valence electrons. The Balaban J connectivity index is 2.05. The SMILES string of the molecule is CC1CCNC(C2(O)CCCC(C)(C)C2)C1. The van der Waals surface area contributed by atoms with Crippen molar-refractivity contribution in [1.29, 1.82) is 0 Å². The minimum Gasteiger partial charge on any atom is -0.388 e. The number of nitrogens with one attached hydrogen (secondary N) is 1. The van der Waals surface area contributed by atoms with Crippen LogP contribution in [-0.2, 0) is 0 Å². The Kier molecular flexibility index (Phi) is 3.33. The molecule has 2 N–H and O–H groups in total. The molecule has 0 aromatic rings. The second-order valence-corrected chi connectivity index (χ2v) is 6.93. The molecule has 0 aromatic carbocycles. The number of hydrogen-bond acceptors (Lipinski definition) is 2. The molecule has 1 saturated heterocycles. The van der Waals surface area contributed by atoms with Gasteiger partial charge in [0.2, 0.25) is 0 Å². The molecule has 0 aromatic heterocycles. The van der Waals surface area contributed by atoms with E-state index >= 15 is 0 Å². The molecule has 1 heterocycles. The van der Waals surface area contributed by atoms with Crippen LogP contribution in [0.1, 0.15) is 59.3 Å². The molecule has 2 rings (SSSR count). The molecule has 3 unspecified atom stereocenters. The van der Waals surface area contributed by atoms with E-state index in [4.69, 9.17) is 0 Å². The summed E-state index contributed by atoms with van der Waals surface area (Å²) in [6.45, 7) is 7.98. The van der Waals surface area contributed by atoms with Crippen molar-refractivity contribution in [2.45, 2.75) is 70.9 Å². The summed E-state index contributed by atoms with van der Waals surface area (Å²) in [4.78, 5) is 0. The molecular formula is C14H27NO. The van der Waals surface area contributed by atoms with Crippen molar-refractivity contribution in [2.24, 2.45) is 11.3 Å². The zero-order valence-corrected chi connectivity index (χ0v) is 11.1. The molecule has 0 amide bonds. The molecule has 0 bridgehead atoms. The van der Waals surface area contributed by atoms with Crippen molar-refractivity contribution >= 4 is 0 Å². The number of piperidine rings is 1. The van der Waals surface area contributed by atoms with Gasteiger partial charge in [0.15, 0.2) is 0 Å². The summed E-state index contributed by atoms with van der Waals surface area (Å²) >= 11 is 0. The Labute approximate surface area is 99.8 Å². The Hall–Kier alpha value is -0.0800. The number of aliphatic hydroxyl groups is 1. The molecule has 16 heavy (non-hydrogen) atoms. The first-order valence-electron chi connectivity index (χ1n) is 6.87. The minimum atomic E-state index is -0.448. The van der Waals surface area contributed by atoms with Gasteiger partial charge in [-0.3, -0.25) is 0 Å². The van der Waals surface area contributed by atoms with Crippen LogP contribution in [0.4, 0.5) is 0 Å². The van der Waals surface area contributed by atoms with E-state index in [0.717, 1.165) is 31.7 Å². The lowest BCUT2D eigenvalue weighted by atomic mass is 9.65. The van der Waals surface area contributed by atoms with E-state index in [1.165, 1.54) is 19.3 Å². The predicted molar refractivity (Wildman–Crippen MR) is 67.4 cm³/mol.